The Bertz CT molecular complexity index is 1190. The fraction of sp³-hybridized carbons (Fsp3) is 0. The van der Waals surface area contributed by atoms with E-state index in [0.717, 1.165) is 10.0 Å². The van der Waals surface area contributed by atoms with Crippen LogP contribution in [0.15, 0.2) is 88.4 Å². The number of rotatable bonds is 7. The number of halogens is 1. The van der Waals surface area contributed by atoms with Crippen molar-refractivity contribution in [1.82, 2.24) is 5.43 Å². The zero-order valence-electron chi connectivity index (χ0n) is 16.5. The second-order valence-corrected chi connectivity index (χ2v) is 7.27. The normalized spacial score (nSPS) is 10.9. The number of benzene rings is 3. The lowest BCUT2D eigenvalue weighted by Gasteiger charge is -2.06. The van der Waals surface area contributed by atoms with Crippen molar-refractivity contribution in [2.24, 2.45) is 5.10 Å². The van der Waals surface area contributed by atoms with E-state index in [-0.39, 0.29) is 17.0 Å². The lowest BCUT2D eigenvalue weighted by Crippen LogP contribution is -2.17. The van der Waals surface area contributed by atoms with Crippen molar-refractivity contribution in [3.8, 4) is 5.75 Å². The summed E-state index contributed by atoms with van der Waals surface area (Å²) in [5.74, 6) is -0.861. The molecule has 32 heavy (non-hydrogen) atoms. The molecular weight excluding hydrogens is 478 g/mol. The SMILES string of the molecule is O=C(C=Cc1ccccc1)Oc1ccc(Br)cc1C=NNC(=O)c1ccc([N+](=O)[O-])cc1. The fourth-order valence-corrected chi connectivity index (χ4v) is 2.92. The molecule has 0 bridgehead atoms. The molecule has 0 aliphatic carbocycles. The van der Waals surface area contributed by atoms with E-state index in [1.807, 2.05) is 30.3 Å². The number of hydrazone groups is 1. The highest BCUT2D eigenvalue weighted by Crippen LogP contribution is 2.22. The minimum absolute atomic E-state index is 0.119. The van der Waals surface area contributed by atoms with Gasteiger partial charge in [0.2, 0.25) is 0 Å². The van der Waals surface area contributed by atoms with E-state index in [1.165, 1.54) is 36.6 Å². The van der Waals surface area contributed by atoms with Gasteiger partial charge in [-0.25, -0.2) is 10.2 Å². The number of nitro groups is 1. The molecule has 0 aliphatic rings. The highest BCUT2D eigenvalue weighted by Gasteiger charge is 2.10. The Kier molecular flexibility index (Phi) is 7.60. The Labute approximate surface area is 191 Å². The Hall–Kier alpha value is -4.11. The fourth-order valence-electron chi connectivity index (χ4n) is 2.54. The predicted octanol–water partition coefficient (Wildman–Crippen LogP) is 4.74. The van der Waals surface area contributed by atoms with E-state index in [1.54, 1.807) is 24.3 Å². The molecule has 3 aromatic carbocycles. The van der Waals surface area contributed by atoms with E-state index in [0.29, 0.717) is 5.56 Å². The van der Waals surface area contributed by atoms with Crippen molar-refractivity contribution in [2.75, 3.05) is 0 Å². The van der Waals surface area contributed by atoms with Gasteiger partial charge in [-0.3, -0.25) is 14.9 Å². The average Bonchev–Trinajstić information content (AvgIpc) is 2.80. The van der Waals surface area contributed by atoms with Gasteiger partial charge in [-0.1, -0.05) is 46.3 Å². The highest BCUT2D eigenvalue weighted by molar-refractivity contribution is 9.10. The van der Waals surface area contributed by atoms with Gasteiger partial charge in [-0.15, -0.1) is 0 Å². The molecule has 8 nitrogen and oxygen atoms in total. The Morgan fingerprint density at radius 2 is 1.75 bits per heavy atom. The number of nitrogens with zero attached hydrogens (tertiary/aromatic N) is 2. The van der Waals surface area contributed by atoms with Crippen LogP contribution in [0.3, 0.4) is 0 Å². The topological polar surface area (TPSA) is 111 Å². The quantitative estimate of drug-likeness (QED) is 0.127. The maximum absolute atomic E-state index is 12.2. The molecule has 0 radical (unpaired) electrons. The first kappa shape index (κ1) is 22.6. The van der Waals surface area contributed by atoms with Gasteiger partial charge in [0.1, 0.15) is 5.75 Å². The summed E-state index contributed by atoms with van der Waals surface area (Å²) in [7, 11) is 0. The summed E-state index contributed by atoms with van der Waals surface area (Å²) in [6.07, 6.45) is 4.28. The molecule has 160 valence electrons. The van der Waals surface area contributed by atoms with Crippen LogP contribution in [0.2, 0.25) is 0 Å². The summed E-state index contributed by atoms with van der Waals surface area (Å²) in [6, 6.07) is 19.4. The molecule has 0 saturated carbocycles. The standard InChI is InChI=1S/C23H16BrN3O5/c24-19-9-12-21(32-22(28)13-6-16-4-2-1-3-5-16)18(14-19)15-25-26-23(29)17-7-10-20(11-8-17)27(30)31/h1-15H,(H,26,29). The van der Waals surface area contributed by atoms with Gasteiger partial charge in [0, 0.05) is 33.8 Å². The number of ether oxygens (including phenoxy) is 1. The van der Waals surface area contributed by atoms with Crippen molar-refractivity contribution in [1.29, 1.82) is 0 Å². The molecule has 0 saturated heterocycles. The number of hydrogen-bond donors (Lipinski definition) is 1. The van der Waals surface area contributed by atoms with Crippen LogP contribution in [-0.4, -0.2) is 23.0 Å². The summed E-state index contributed by atoms with van der Waals surface area (Å²) < 4.78 is 6.11. The summed E-state index contributed by atoms with van der Waals surface area (Å²) in [6.45, 7) is 0. The number of nitro benzene ring substituents is 1. The average molecular weight is 494 g/mol. The first-order chi connectivity index (χ1) is 15.4. The van der Waals surface area contributed by atoms with Gasteiger partial charge in [0.15, 0.2) is 0 Å². The second kappa shape index (κ2) is 10.8. The molecule has 9 heteroatoms. The van der Waals surface area contributed by atoms with Gasteiger partial charge >= 0.3 is 5.97 Å². The Morgan fingerprint density at radius 3 is 2.44 bits per heavy atom. The van der Waals surface area contributed by atoms with Crippen LogP contribution in [-0.2, 0) is 4.79 Å². The zero-order valence-corrected chi connectivity index (χ0v) is 18.1. The summed E-state index contributed by atoms with van der Waals surface area (Å²) in [5.41, 5.74) is 3.73. The number of amides is 1. The summed E-state index contributed by atoms with van der Waals surface area (Å²) in [4.78, 5) is 34.5. The third-order valence-corrected chi connectivity index (χ3v) is 4.60. The van der Waals surface area contributed by atoms with Crippen LogP contribution < -0.4 is 10.2 Å². The highest BCUT2D eigenvalue weighted by atomic mass is 79.9. The van der Waals surface area contributed by atoms with E-state index in [2.05, 4.69) is 26.5 Å². The van der Waals surface area contributed by atoms with Gasteiger partial charge < -0.3 is 4.74 Å². The largest absolute Gasteiger partial charge is 0.423 e. The van der Waals surface area contributed by atoms with E-state index in [4.69, 9.17) is 4.74 Å². The monoisotopic (exact) mass is 493 g/mol. The molecule has 3 aromatic rings. The smallest absolute Gasteiger partial charge is 0.336 e. The van der Waals surface area contributed by atoms with Gasteiger partial charge in [0.25, 0.3) is 11.6 Å². The van der Waals surface area contributed by atoms with Crippen molar-refractivity contribution in [2.45, 2.75) is 0 Å². The Morgan fingerprint density at radius 1 is 1.03 bits per heavy atom. The van der Waals surface area contributed by atoms with Crippen LogP contribution >= 0.6 is 15.9 Å². The van der Waals surface area contributed by atoms with Crippen LogP contribution in [0.1, 0.15) is 21.5 Å². The molecule has 0 spiro atoms. The van der Waals surface area contributed by atoms with Crippen molar-refractivity contribution in [3.05, 3.63) is 110 Å². The third-order valence-electron chi connectivity index (χ3n) is 4.10. The van der Waals surface area contributed by atoms with Crippen LogP contribution in [0.25, 0.3) is 6.08 Å². The third kappa shape index (κ3) is 6.44. The van der Waals surface area contributed by atoms with E-state index >= 15 is 0 Å². The van der Waals surface area contributed by atoms with Crippen LogP contribution in [0, 0.1) is 10.1 Å². The van der Waals surface area contributed by atoms with Crippen LogP contribution in [0.4, 0.5) is 5.69 Å². The van der Waals surface area contributed by atoms with Crippen molar-refractivity contribution in [3.63, 3.8) is 0 Å². The maximum atomic E-state index is 12.2. The first-order valence-corrected chi connectivity index (χ1v) is 10.0. The molecular formula is C23H16BrN3O5. The summed E-state index contributed by atoms with van der Waals surface area (Å²) in [5, 5.41) is 14.6. The Balaban J connectivity index is 1.67. The van der Waals surface area contributed by atoms with E-state index < -0.39 is 16.8 Å². The first-order valence-electron chi connectivity index (χ1n) is 9.25. The summed E-state index contributed by atoms with van der Waals surface area (Å²) >= 11 is 3.34. The lowest BCUT2D eigenvalue weighted by molar-refractivity contribution is -0.384. The number of hydrogen-bond acceptors (Lipinski definition) is 6. The number of esters is 1. The lowest BCUT2D eigenvalue weighted by atomic mass is 10.2. The maximum Gasteiger partial charge on any atom is 0.336 e. The molecule has 0 aliphatic heterocycles. The minimum atomic E-state index is -0.569. The second-order valence-electron chi connectivity index (χ2n) is 6.35. The predicted molar refractivity (Wildman–Crippen MR) is 123 cm³/mol. The number of nitrogens with one attached hydrogen (secondary N) is 1. The minimum Gasteiger partial charge on any atom is -0.423 e. The van der Waals surface area contributed by atoms with Crippen molar-refractivity contribution < 1.29 is 19.2 Å². The number of carbonyl (C=O) groups excluding carboxylic acids is 2. The number of carbonyl (C=O) groups is 2. The number of non-ortho nitro benzene ring substituents is 1. The molecule has 0 unspecified atom stereocenters. The molecule has 0 atom stereocenters. The van der Waals surface area contributed by atoms with Crippen LogP contribution in [0.5, 0.6) is 5.75 Å². The van der Waals surface area contributed by atoms with Crippen molar-refractivity contribution >= 4 is 45.8 Å². The molecule has 0 aromatic heterocycles. The molecule has 0 heterocycles. The molecule has 1 amide bonds. The zero-order chi connectivity index (χ0) is 22.9. The molecule has 3 rings (SSSR count). The molecule has 1 N–H and O–H groups in total. The van der Waals surface area contributed by atoms with Gasteiger partial charge in [0.05, 0.1) is 11.1 Å². The molecule has 0 fully saturated rings. The van der Waals surface area contributed by atoms with Gasteiger partial charge in [-0.2, -0.15) is 5.10 Å². The van der Waals surface area contributed by atoms with Gasteiger partial charge in [-0.05, 0) is 42.0 Å². The van der Waals surface area contributed by atoms with E-state index in [9.17, 15) is 19.7 Å².